The Morgan fingerprint density at radius 3 is 1.90 bits per heavy atom. The van der Waals surface area contributed by atoms with Crippen LogP contribution in [0, 0.1) is 28.6 Å². The van der Waals surface area contributed by atoms with Gasteiger partial charge in [0.15, 0.2) is 11.9 Å². The number of ether oxygens (including phenoxy) is 7. The van der Waals surface area contributed by atoms with E-state index < -0.39 is 101 Å². The maximum Gasteiger partial charge on any atom is 0.338 e. The van der Waals surface area contributed by atoms with E-state index in [4.69, 9.17) is 33.2 Å². The lowest BCUT2D eigenvalue weighted by Gasteiger charge is -2.65. The Labute approximate surface area is 284 Å². The molecule has 7 rings (SSSR count). The van der Waals surface area contributed by atoms with E-state index in [1.807, 2.05) is 20.8 Å². The summed E-state index contributed by atoms with van der Waals surface area (Å²) in [4.78, 5) is 53.3. The summed E-state index contributed by atoms with van der Waals surface area (Å²) in [6.45, 7) is 9.85. The minimum atomic E-state index is -1.38. The number of aliphatic hydroxyl groups is 1. The van der Waals surface area contributed by atoms with E-state index in [0.717, 1.165) is 0 Å². The Morgan fingerprint density at radius 1 is 0.755 bits per heavy atom. The van der Waals surface area contributed by atoms with Crippen LogP contribution in [0.15, 0.2) is 60.7 Å². The highest BCUT2D eigenvalue weighted by atomic mass is 16.9. The molecule has 0 bridgehead atoms. The molecule has 2 saturated carbocycles. The summed E-state index contributed by atoms with van der Waals surface area (Å²) in [5, 5.41) is 11.4. The Hall–Kier alpha value is -3.84. The van der Waals surface area contributed by atoms with Crippen LogP contribution in [0.2, 0.25) is 0 Å². The van der Waals surface area contributed by atoms with Crippen molar-refractivity contribution in [1.29, 1.82) is 0 Å². The standard InChI is InChI=1S/C37H42O12/c1-19(38)44-28-30(45-20(2)39)34(3,4)24-17-25-37(48-25)29(35(24,5)31(28)47-33(42)22-15-11-8-12-16-22)27(26-23(40)18-43-36(26,6)49-37)46-32(41)21-13-9-7-10-14-21/h7-16,23-31,40H,17-18H2,1-6H3/t23-,24+,25-,26-,27-,28+,29-,30-,31+,35+,36-,37+/m1/s1. The van der Waals surface area contributed by atoms with Crippen LogP contribution in [0.3, 0.4) is 0 Å². The molecule has 1 N–H and O–H groups in total. The molecule has 0 unspecified atom stereocenters. The molecule has 3 saturated heterocycles. The van der Waals surface area contributed by atoms with Gasteiger partial charge in [0.05, 0.1) is 35.7 Å². The third-order valence-corrected chi connectivity index (χ3v) is 11.6. The largest absolute Gasteiger partial charge is 0.458 e. The van der Waals surface area contributed by atoms with E-state index in [1.54, 1.807) is 67.6 Å². The second kappa shape index (κ2) is 11.6. The van der Waals surface area contributed by atoms with Crippen molar-refractivity contribution in [2.75, 3.05) is 6.61 Å². The first-order valence-electron chi connectivity index (χ1n) is 16.7. The Balaban J connectivity index is 1.42. The summed E-state index contributed by atoms with van der Waals surface area (Å²) in [7, 11) is 0. The van der Waals surface area contributed by atoms with Crippen LogP contribution < -0.4 is 0 Å². The second-order valence-electron chi connectivity index (χ2n) is 14.8. The molecule has 12 heteroatoms. The van der Waals surface area contributed by atoms with E-state index in [1.165, 1.54) is 13.8 Å². The van der Waals surface area contributed by atoms with Crippen LogP contribution in [-0.2, 0) is 42.7 Å². The fourth-order valence-electron chi connectivity index (χ4n) is 9.65. The zero-order valence-electron chi connectivity index (χ0n) is 28.3. The number of aliphatic hydroxyl groups excluding tert-OH is 1. The van der Waals surface area contributed by atoms with Gasteiger partial charge < -0.3 is 38.3 Å². The van der Waals surface area contributed by atoms with Gasteiger partial charge in [-0.25, -0.2) is 9.59 Å². The molecule has 2 aromatic carbocycles. The van der Waals surface area contributed by atoms with Crippen molar-refractivity contribution < 1.29 is 57.4 Å². The summed E-state index contributed by atoms with van der Waals surface area (Å²) < 4.78 is 44.1. The summed E-state index contributed by atoms with van der Waals surface area (Å²) in [6, 6.07) is 16.9. The highest BCUT2D eigenvalue weighted by molar-refractivity contribution is 5.90. The van der Waals surface area contributed by atoms with E-state index in [2.05, 4.69) is 0 Å². The van der Waals surface area contributed by atoms with Crippen molar-refractivity contribution in [2.24, 2.45) is 28.6 Å². The van der Waals surface area contributed by atoms with Crippen LogP contribution in [0.1, 0.15) is 68.7 Å². The molecule has 2 aromatic rings. The molecule has 0 amide bonds. The summed E-state index contributed by atoms with van der Waals surface area (Å²) in [5.41, 5.74) is -1.59. The van der Waals surface area contributed by atoms with Crippen molar-refractivity contribution in [1.82, 2.24) is 0 Å². The third-order valence-electron chi connectivity index (χ3n) is 11.6. The number of carbonyl (C=O) groups excluding carboxylic acids is 4. The van der Waals surface area contributed by atoms with Crippen molar-refractivity contribution in [3.05, 3.63) is 71.8 Å². The van der Waals surface area contributed by atoms with Crippen LogP contribution >= 0.6 is 0 Å². The topological polar surface area (TPSA) is 156 Å². The first kappa shape index (κ1) is 33.6. The third kappa shape index (κ3) is 5.17. The van der Waals surface area contributed by atoms with Gasteiger partial charge in [0.1, 0.15) is 24.4 Å². The van der Waals surface area contributed by atoms with Crippen molar-refractivity contribution in [3.63, 3.8) is 0 Å². The lowest BCUT2D eigenvalue weighted by molar-refractivity contribution is -0.373. The average Bonchev–Trinajstić information content (AvgIpc) is 3.65. The molecule has 5 fully saturated rings. The number of fused-ring (bicyclic) bond motifs is 3. The van der Waals surface area contributed by atoms with Gasteiger partial charge in [0.25, 0.3) is 0 Å². The Kier molecular flexibility index (Phi) is 7.98. The normalized spacial score (nSPS) is 41.1. The number of hydrogen-bond donors (Lipinski definition) is 1. The molecule has 3 aliphatic heterocycles. The lowest BCUT2D eigenvalue weighted by Crippen LogP contribution is -2.76. The van der Waals surface area contributed by atoms with E-state index in [-0.39, 0.29) is 12.2 Å². The Morgan fingerprint density at radius 2 is 1.33 bits per heavy atom. The minimum absolute atomic E-state index is 0.0727. The van der Waals surface area contributed by atoms with Gasteiger partial charge in [-0.2, -0.15) is 0 Å². The van der Waals surface area contributed by atoms with Gasteiger partial charge >= 0.3 is 23.9 Å². The van der Waals surface area contributed by atoms with Crippen LogP contribution in [-0.4, -0.2) is 83.8 Å². The summed E-state index contributed by atoms with van der Waals surface area (Å²) in [5.74, 6) is -7.55. The number of esters is 4. The zero-order chi connectivity index (χ0) is 35.1. The molecular formula is C37H42O12. The Bertz CT molecular complexity index is 1640. The van der Waals surface area contributed by atoms with E-state index in [0.29, 0.717) is 12.0 Å². The molecule has 0 radical (unpaired) electrons. The molecule has 262 valence electrons. The fourth-order valence-corrected chi connectivity index (χ4v) is 9.65. The van der Waals surface area contributed by atoms with Crippen molar-refractivity contribution in [3.8, 4) is 0 Å². The molecule has 12 atom stereocenters. The quantitative estimate of drug-likeness (QED) is 0.268. The molecule has 3 heterocycles. The van der Waals surface area contributed by atoms with E-state index in [9.17, 15) is 24.3 Å². The van der Waals surface area contributed by atoms with Crippen molar-refractivity contribution in [2.45, 2.75) is 96.2 Å². The predicted molar refractivity (Wildman–Crippen MR) is 168 cm³/mol. The summed E-state index contributed by atoms with van der Waals surface area (Å²) in [6.07, 6.45) is -5.86. The van der Waals surface area contributed by atoms with Gasteiger partial charge in [-0.1, -0.05) is 57.2 Å². The fraction of sp³-hybridized carbons (Fsp3) is 0.568. The van der Waals surface area contributed by atoms with Crippen LogP contribution in [0.4, 0.5) is 0 Å². The molecule has 12 nitrogen and oxygen atoms in total. The monoisotopic (exact) mass is 678 g/mol. The molecule has 0 aromatic heterocycles. The van der Waals surface area contributed by atoms with E-state index >= 15 is 0 Å². The molecule has 2 aliphatic carbocycles. The van der Waals surface area contributed by atoms with Crippen molar-refractivity contribution >= 4 is 23.9 Å². The highest BCUT2D eigenvalue weighted by Crippen LogP contribution is 2.73. The van der Waals surface area contributed by atoms with Gasteiger partial charge in [0.2, 0.25) is 5.79 Å². The van der Waals surface area contributed by atoms with Crippen LogP contribution in [0.5, 0.6) is 0 Å². The van der Waals surface area contributed by atoms with Gasteiger partial charge in [-0.3, -0.25) is 9.59 Å². The number of carbonyl (C=O) groups is 4. The number of hydrogen-bond acceptors (Lipinski definition) is 12. The highest BCUT2D eigenvalue weighted by Gasteiger charge is 2.85. The number of rotatable bonds is 6. The average molecular weight is 679 g/mol. The number of benzene rings is 2. The SMILES string of the molecule is CC(=O)O[C@H]1[C@@H](OC(C)=O)C(C)(C)[C@@H]2C[C@H]3O[C@]34O[C@@]3(C)OC[C@@H](O)[C@@H]3[C@@H](OC(=O)c3ccccc3)[C@@H]4[C@@]2(C)[C@H]1OC(=O)c1ccccc1. The molecule has 49 heavy (non-hydrogen) atoms. The lowest BCUT2D eigenvalue weighted by atomic mass is 9.43. The molecule has 5 aliphatic rings. The number of epoxide rings is 1. The maximum absolute atomic E-state index is 14.0. The summed E-state index contributed by atoms with van der Waals surface area (Å²) >= 11 is 0. The van der Waals surface area contributed by atoms with Gasteiger partial charge in [-0.15, -0.1) is 0 Å². The zero-order valence-corrected chi connectivity index (χ0v) is 28.3. The first-order chi connectivity index (χ1) is 23.1. The predicted octanol–water partition coefficient (Wildman–Crippen LogP) is 3.83. The van der Waals surface area contributed by atoms with Gasteiger partial charge in [0, 0.05) is 24.7 Å². The van der Waals surface area contributed by atoms with Gasteiger partial charge in [-0.05, 0) is 43.5 Å². The molecular weight excluding hydrogens is 636 g/mol. The second-order valence-corrected chi connectivity index (χ2v) is 14.8. The minimum Gasteiger partial charge on any atom is -0.458 e. The smallest absolute Gasteiger partial charge is 0.338 e. The first-order valence-corrected chi connectivity index (χ1v) is 16.7. The van der Waals surface area contributed by atoms with Crippen LogP contribution in [0.25, 0.3) is 0 Å². The maximum atomic E-state index is 14.0. The molecule has 1 spiro atoms.